The maximum absolute atomic E-state index is 11.1. The van der Waals surface area contributed by atoms with Crippen LogP contribution in [0.5, 0.6) is 0 Å². The van der Waals surface area contributed by atoms with Crippen molar-refractivity contribution in [3.63, 3.8) is 0 Å². The highest BCUT2D eigenvalue weighted by Gasteiger charge is 2.26. The lowest BCUT2D eigenvalue weighted by Gasteiger charge is -2.21. The van der Waals surface area contributed by atoms with Crippen LogP contribution < -0.4 is 0 Å². The second-order valence-electron chi connectivity index (χ2n) is 5.12. The van der Waals surface area contributed by atoms with E-state index < -0.39 is 9.57 Å². The highest BCUT2D eigenvalue weighted by Crippen LogP contribution is 2.41. The Morgan fingerprint density at radius 1 is 1.05 bits per heavy atom. The van der Waals surface area contributed by atoms with Gasteiger partial charge in [0.2, 0.25) is 0 Å². The van der Waals surface area contributed by atoms with Crippen molar-refractivity contribution in [3.8, 4) is 0 Å². The van der Waals surface area contributed by atoms with Gasteiger partial charge in [-0.1, -0.05) is 60.7 Å². The topological polar surface area (TPSA) is 20.3 Å². The third-order valence-electron chi connectivity index (χ3n) is 3.78. The number of nitrogens with zero attached hydrogens (tertiary/aromatic N) is 1. The Balaban J connectivity index is 2.02. The predicted octanol–water partition coefficient (Wildman–Crippen LogP) is 3.22. The number of fused-ring (bicyclic) bond motifs is 1. The van der Waals surface area contributed by atoms with Gasteiger partial charge in [0.1, 0.15) is 0 Å². The fourth-order valence-corrected chi connectivity index (χ4v) is 3.08. The van der Waals surface area contributed by atoms with Crippen molar-refractivity contribution in [2.24, 2.45) is 0 Å². The van der Waals surface area contributed by atoms with E-state index in [-0.39, 0.29) is 0 Å². The number of rotatable bonds is 4. The van der Waals surface area contributed by atoms with Gasteiger partial charge < -0.3 is 9.03 Å². The van der Waals surface area contributed by atoms with Crippen LogP contribution in [0.2, 0.25) is 0 Å². The summed E-state index contributed by atoms with van der Waals surface area (Å²) in [6.45, 7) is 0.777. The summed E-state index contributed by atoms with van der Waals surface area (Å²) >= 11 is 0. The van der Waals surface area contributed by atoms with Crippen LogP contribution in [0, 0.1) is 0 Å². The zero-order valence-corrected chi connectivity index (χ0v) is 12.4. The van der Waals surface area contributed by atoms with E-state index in [1.807, 2.05) is 17.7 Å². The van der Waals surface area contributed by atoms with Gasteiger partial charge in [0, 0.05) is 12.5 Å². The smallest absolute Gasteiger partial charge is 0.376 e. The van der Waals surface area contributed by atoms with Crippen LogP contribution in [0.3, 0.4) is 0 Å². The molecule has 99 valence electrons. The molecule has 2 aromatic carbocycles. The molecular weight excluding hydrogens is 262 g/mol. The van der Waals surface area contributed by atoms with Crippen molar-refractivity contribution in [2.75, 3.05) is 13.6 Å². The van der Waals surface area contributed by atoms with E-state index in [1.54, 1.807) is 0 Å². The Bertz CT molecular complexity index is 651. The molecule has 3 heteroatoms. The molecule has 1 aliphatic carbocycles. The normalized spacial score (nSPS) is 16.4. The molecular formula is C17H16NOSi. The maximum atomic E-state index is 11.1. The number of hydrogen-bond acceptors (Lipinski definition) is 1. The molecule has 2 aromatic rings. The number of likely N-dealkylation sites (N-methyl/N-ethyl adjacent to an activating group) is 1. The van der Waals surface area contributed by atoms with Gasteiger partial charge in [-0.3, -0.25) is 0 Å². The third kappa shape index (κ3) is 2.37. The summed E-state index contributed by atoms with van der Waals surface area (Å²) in [6.07, 6.45) is 2.26. The van der Waals surface area contributed by atoms with Crippen molar-refractivity contribution < 1.29 is 4.46 Å². The molecule has 3 rings (SSSR count). The summed E-state index contributed by atoms with van der Waals surface area (Å²) in [4.78, 5) is 0. The minimum Gasteiger partial charge on any atom is -0.376 e. The van der Waals surface area contributed by atoms with Crippen LogP contribution in [0.1, 0.15) is 22.6 Å². The van der Waals surface area contributed by atoms with Gasteiger partial charge in [-0.2, -0.15) is 0 Å². The lowest BCUT2D eigenvalue weighted by molar-refractivity contribution is 0.458. The first-order valence-corrected chi connectivity index (χ1v) is 7.60. The van der Waals surface area contributed by atoms with E-state index in [0.717, 1.165) is 6.54 Å². The first kappa shape index (κ1) is 13.0. The average molecular weight is 278 g/mol. The van der Waals surface area contributed by atoms with E-state index in [1.165, 1.54) is 22.3 Å². The molecule has 0 spiro atoms. The van der Waals surface area contributed by atoms with E-state index in [4.69, 9.17) is 0 Å². The summed E-state index contributed by atoms with van der Waals surface area (Å²) in [6, 6.07) is 18.9. The highest BCUT2D eigenvalue weighted by molar-refractivity contribution is 6.12. The SMILES string of the molecule is CN(CC1C(c2ccccc2)=Cc2ccccc21)[Si]=O. The predicted molar refractivity (Wildman–Crippen MR) is 82.6 cm³/mol. The molecule has 0 aromatic heterocycles. The van der Waals surface area contributed by atoms with E-state index >= 15 is 0 Å². The van der Waals surface area contributed by atoms with Gasteiger partial charge in [0.05, 0.1) is 0 Å². The summed E-state index contributed by atoms with van der Waals surface area (Å²) in [5.74, 6) is 0.292. The summed E-state index contributed by atoms with van der Waals surface area (Å²) in [5, 5.41) is 0. The number of hydrogen-bond donors (Lipinski definition) is 0. The van der Waals surface area contributed by atoms with Gasteiger partial charge in [-0.15, -0.1) is 0 Å². The molecule has 0 saturated carbocycles. The molecule has 2 nitrogen and oxygen atoms in total. The average Bonchev–Trinajstić information content (AvgIpc) is 2.87. The number of benzene rings is 2. The van der Waals surface area contributed by atoms with Crippen LogP contribution in [0.15, 0.2) is 54.6 Å². The molecule has 1 aliphatic rings. The van der Waals surface area contributed by atoms with Gasteiger partial charge >= 0.3 is 9.57 Å². The minimum atomic E-state index is -0.401. The first-order chi connectivity index (χ1) is 9.79. The highest BCUT2D eigenvalue weighted by atomic mass is 28.2. The maximum Gasteiger partial charge on any atom is 0.466 e. The fraction of sp³-hybridized carbons (Fsp3) is 0.176. The molecule has 0 N–H and O–H groups in total. The summed E-state index contributed by atoms with van der Waals surface area (Å²) < 4.78 is 13.0. The van der Waals surface area contributed by atoms with Crippen LogP contribution in [0.4, 0.5) is 0 Å². The van der Waals surface area contributed by atoms with Gasteiger partial charge in [-0.25, -0.2) is 0 Å². The Labute approximate surface area is 121 Å². The van der Waals surface area contributed by atoms with Crippen LogP contribution in [0.25, 0.3) is 11.6 Å². The van der Waals surface area contributed by atoms with Crippen molar-refractivity contribution >= 4 is 21.2 Å². The largest absolute Gasteiger partial charge is 0.466 e. The molecule has 0 heterocycles. The Morgan fingerprint density at radius 3 is 2.50 bits per heavy atom. The van der Waals surface area contributed by atoms with Crippen molar-refractivity contribution in [1.29, 1.82) is 0 Å². The second kappa shape index (κ2) is 5.55. The molecule has 20 heavy (non-hydrogen) atoms. The lowest BCUT2D eigenvalue weighted by atomic mass is 9.91. The zero-order valence-electron chi connectivity index (χ0n) is 11.4. The van der Waals surface area contributed by atoms with Gasteiger partial charge in [0.25, 0.3) is 0 Å². The van der Waals surface area contributed by atoms with Crippen molar-refractivity contribution in [3.05, 3.63) is 71.3 Å². The second-order valence-corrected chi connectivity index (χ2v) is 6.07. The van der Waals surface area contributed by atoms with Gasteiger partial charge in [0.15, 0.2) is 0 Å². The fourth-order valence-electron chi connectivity index (χ4n) is 2.82. The molecule has 0 amide bonds. The Morgan fingerprint density at radius 2 is 1.75 bits per heavy atom. The van der Waals surface area contributed by atoms with E-state index in [0.29, 0.717) is 5.92 Å². The Hall–Kier alpha value is -2.00. The third-order valence-corrected chi connectivity index (χ3v) is 4.27. The van der Waals surface area contributed by atoms with Crippen LogP contribution >= 0.6 is 0 Å². The van der Waals surface area contributed by atoms with E-state index in [2.05, 4.69) is 54.6 Å². The summed E-state index contributed by atoms with van der Waals surface area (Å²) in [5.41, 5.74) is 5.17. The molecule has 0 fully saturated rings. The Kier molecular flexibility index (Phi) is 3.61. The van der Waals surface area contributed by atoms with Gasteiger partial charge in [-0.05, 0) is 29.3 Å². The first-order valence-electron chi connectivity index (χ1n) is 6.74. The van der Waals surface area contributed by atoms with Crippen LogP contribution in [-0.4, -0.2) is 27.7 Å². The molecule has 1 atom stereocenters. The minimum absolute atomic E-state index is 0.292. The molecule has 0 bridgehead atoms. The molecule has 1 unspecified atom stereocenters. The molecule has 1 radical (unpaired) electrons. The van der Waals surface area contributed by atoms with Crippen molar-refractivity contribution in [2.45, 2.75) is 5.92 Å². The molecule has 0 aliphatic heterocycles. The van der Waals surface area contributed by atoms with Crippen molar-refractivity contribution in [1.82, 2.24) is 4.57 Å². The quantitative estimate of drug-likeness (QED) is 0.800. The molecule has 0 saturated heterocycles. The monoisotopic (exact) mass is 278 g/mol. The standard InChI is InChI=1S/C17H16NOSi/c1-18(20-19)12-17-15-10-6-5-9-14(15)11-16(17)13-7-3-2-4-8-13/h2-11,17H,12H2,1H3. The zero-order chi connectivity index (χ0) is 13.9. The van der Waals surface area contributed by atoms with Crippen LogP contribution in [-0.2, 0) is 4.46 Å². The lowest BCUT2D eigenvalue weighted by Crippen LogP contribution is -2.24. The summed E-state index contributed by atoms with van der Waals surface area (Å²) in [7, 11) is 1.50. The van der Waals surface area contributed by atoms with E-state index in [9.17, 15) is 4.46 Å².